The van der Waals surface area contributed by atoms with Crippen LogP contribution in [0.5, 0.6) is 0 Å². The van der Waals surface area contributed by atoms with Crippen LogP contribution in [0.4, 0.5) is 0 Å². The fourth-order valence-corrected chi connectivity index (χ4v) is 8.41. The van der Waals surface area contributed by atoms with E-state index < -0.39 is 45.9 Å². The number of hydrogen-bond donors (Lipinski definition) is 2. The number of rotatable bonds is 5. The van der Waals surface area contributed by atoms with Gasteiger partial charge in [-0.25, -0.2) is 0 Å². The second-order valence-corrected chi connectivity index (χ2v) is 10.2. The van der Waals surface area contributed by atoms with Crippen LogP contribution < -0.4 is 5.73 Å². The maximum absolute atomic E-state index is 13.4. The molecule has 2 heterocycles. The Morgan fingerprint density at radius 1 is 1.48 bits per heavy atom. The van der Waals surface area contributed by atoms with E-state index in [2.05, 4.69) is 13.8 Å². The van der Waals surface area contributed by atoms with Gasteiger partial charge in [0.2, 0.25) is 11.7 Å². The van der Waals surface area contributed by atoms with Gasteiger partial charge in [0.25, 0.3) is 0 Å². The smallest absolute Gasteiger partial charge is 0.227 e. The minimum atomic E-state index is -1.36. The molecule has 25 heavy (non-hydrogen) atoms. The number of ether oxygens (including phenoxy) is 2. The van der Waals surface area contributed by atoms with Gasteiger partial charge in [-0.05, 0) is 36.7 Å². The second kappa shape index (κ2) is 5.38. The molecule has 7 heteroatoms. The summed E-state index contributed by atoms with van der Waals surface area (Å²) in [5.41, 5.74) is 5.20. The van der Waals surface area contributed by atoms with E-state index in [9.17, 15) is 14.1 Å². The Bertz CT molecular complexity index is 664. The van der Waals surface area contributed by atoms with Crippen LogP contribution in [0.1, 0.15) is 33.1 Å². The molecule has 0 spiro atoms. The molecule has 0 aromatic rings. The van der Waals surface area contributed by atoms with Gasteiger partial charge in [0.15, 0.2) is 0 Å². The molecule has 4 bridgehead atoms. The molecule has 4 aliphatic rings. The van der Waals surface area contributed by atoms with Crippen molar-refractivity contribution in [3.8, 4) is 0 Å². The van der Waals surface area contributed by atoms with Crippen molar-refractivity contribution in [1.82, 2.24) is 0 Å². The summed E-state index contributed by atoms with van der Waals surface area (Å²) >= 11 is 0. The lowest BCUT2D eigenvalue weighted by molar-refractivity contribution is -0.181. The molecule has 0 aromatic heterocycles. The molecule has 6 nitrogen and oxygen atoms in total. The summed E-state index contributed by atoms with van der Waals surface area (Å²) in [5, 5.41) is 10.2. The van der Waals surface area contributed by atoms with Crippen LogP contribution in [-0.4, -0.2) is 51.3 Å². The van der Waals surface area contributed by atoms with Crippen LogP contribution in [-0.2, 0) is 25.1 Å². The molecule has 3 N–H and O–H groups in total. The van der Waals surface area contributed by atoms with Crippen LogP contribution in [0.2, 0.25) is 0 Å². The van der Waals surface area contributed by atoms with Gasteiger partial charge in [-0.2, -0.15) is 0 Å². The van der Waals surface area contributed by atoms with E-state index in [1.807, 2.05) is 6.08 Å². The van der Waals surface area contributed by atoms with Gasteiger partial charge in [0.05, 0.1) is 17.5 Å². The number of aliphatic hydroxyl groups excluding tert-OH is 1. The van der Waals surface area contributed by atoms with Gasteiger partial charge >= 0.3 is 0 Å². The highest BCUT2D eigenvalue weighted by molar-refractivity contribution is 7.85. The number of nitrogens with two attached hydrogens (primary N) is 1. The van der Waals surface area contributed by atoms with Gasteiger partial charge in [0, 0.05) is 29.1 Å². The molecule has 2 aliphatic carbocycles. The fraction of sp³-hybridized carbons (Fsp3) is 0.833. The second-order valence-electron chi connectivity index (χ2n) is 8.60. The van der Waals surface area contributed by atoms with E-state index in [1.54, 1.807) is 6.08 Å². The van der Waals surface area contributed by atoms with E-state index in [0.29, 0.717) is 11.7 Å². The first-order valence-corrected chi connectivity index (χ1v) is 10.3. The third kappa shape index (κ3) is 2.07. The topological polar surface area (TPSA) is 98.8 Å². The van der Waals surface area contributed by atoms with Crippen molar-refractivity contribution in [3.05, 3.63) is 12.2 Å². The Labute approximate surface area is 150 Å². The van der Waals surface area contributed by atoms with Crippen LogP contribution in [0.15, 0.2) is 12.2 Å². The van der Waals surface area contributed by atoms with Crippen molar-refractivity contribution in [2.45, 2.75) is 56.4 Å². The van der Waals surface area contributed by atoms with Gasteiger partial charge in [-0.3, -0.25) is 9.00 Å². The number of carbonyl (C=O) groups excluding carboxylic acids is 1. The summed E-state index contributed by atoms with van der Waals surface area (Å²) in [6, 6.07) is 0. The Hall–Kier alpha value is -0.760. The quantitative estimate of drug-likeness (QED) is 0.695. The summed E-state index contributed by atoms with van der Waals surface area (Å²) in [5.74, 6) is -1.69. The summed E-state index contributed by atoms with van der Waals surface area (Å²) in [6.45, 7) is 4.36. The van der Waals surface area contributed by atoms with Crippen LogP contribution in [0, 0.1) is 22.7 Å². The van der Waals surface area contributed by atoms with Crippen molar-refractivity contribution in [1.29, 1.82) is 0 Å². The molecule has 1 amide bonds. The first-order valence-electron chi connectivity index (χ1n) is 8.95. The lowest BCUT2D eigenvalue weighted by Crippen LogP contribution is -2.51. The Morgan fingerprint density at radius 2 is 2.20 bits per heavy atom. The third-order valence-corrected chi connectivity index (χ3v) is 9.59. The van der Waals surface area contributed by atoms with Crippen molar-refractivity contribution >= 4 is 16.7 Å². The highest BCUT2D eigenvalue weighted by Gasteiger charge is 2.67. The van der Waals surface area contributed by atoms with E-state index in [1.165, 1.54) is 7.11 Å². The van der Waals surface area contributed by atoms with Gasteiger partial charge in [-0.1, -0.05) is 19.9 Å². The monoisotopic (exact) mass is 369 g/mol. The zero-order valence-electron chi connectivity index (χ0n) is 14.9. The number of hydrogen-bond acceptors (Lipinski definition) is 5. The maximum Gasteiger partial charge on any atom is 0.227 e. The highest BCUT2D eigenvalue weighted by Crippen LogP contribution is 2.66. The van der Waals surface area contributed by atoms with E-state index in [0.717, 1.165) is 19.3 Å². The number of aliphatic hydroxyl groups is 1. The third-order valence-electron chi connectivity index (χ3n) is 7.64. The van der Waals surface area contributed by atoms with Gasteiger partial charge in [0.1, 0.15) is 5.92 Å². The van der Waals surface area contributed by atoms with Crippen LogP contribution >= 0.6 is 0 Å². The predicted molar refractivity (Wildman–Crippen MR) is 92.8 cm³/mol. The maximum atomic E-state index is 13.4. The minimum Gasteiger partial charge on any atom is -0.392 e. The SMILES string of the molecule is CO[C@]12C=C[C@H](O1)[C@@H](S(=O)C[C@]13CC[C@H](C[C@H]1O)C3(C)C)[C@@H]2C(N)=O. The first-order chi connectivity index (χ1) is 11.7. The van der Waals surface area contributed by atoms with Crippen molar-refractivity contribution in [2.24, 2.45) is 28.4 Å². The lowest BCUT2D eigenvalue weighted by Gasteiger charge is -2.41. The molecule has 4 rings (SSSR count). The average Bonchev–Trinajstić information content (AvgIpc) is 3.23. The normalized spacial score (nSPS) is 50.5. The predicted octanol–water partition coefficient (Wildman–Crippen LogP) is 0.704. The van der Waals surface area contributed by atoms with Crippen molar-refractivity contribution < 1.29 is 23.6 Å². The summed E-state index contributed by atoms with van der Waals surface area (Å²) in [6.07, 6.45) is 5.36. The largest absolute Gasteiger partial charge is 0.392 e. The van der Waals surface area contributed by atoms with Crippen LogP contribution in [0.25, 0.3) is 0 Å². The number of methoxy groups -OCH3 is 1. The standard InChI is InChI=1S/C18H27NO5S/c1-16(2)10-4-6-17(16,12(20)8-10)9-25(22)14-11-5-7-18(23-3,24-11)13(14)15(19)21/h5,7,10-14,20H,4,6,8-9H2,1-3H3,(H2,19,21)/t10-,11+,12-,13-,14-,17-,18-,25?/m1/s1. The number of carbonyl (C=O) groups is 1. The molecule has 2 saturated carbocycles. The Balaban J connectivity index is 1.64. The first kappa shape index (κ1) is 17.6. The lowest BCUT2D eigenvalue weighted by atomic mass is 9.70. The number of primary amides is 1. The number of fused-ring (bicyclic) bond motifs is 4. The molecule has 3 fully saturated rings. The average molecular weight is 369 g/mol. The minimum absolute atomic E-state index is 0.0580. The molecule has 0 aromatic carbocycles. The Kier molecular flexibility index (Phi) is 3.79. The van der Waals surface area contributed by atoms with E-state index >= 15 is 0 Å². The summed E-state index contributed by atoms with van der Waals surface area (Å²) in [4.78, 5) is 12.1. The zero-order chi connectivity index (χ0) is 18.2. The summed E-state index contributed by atoms with van der Waals surface area (Å²) in [7, 11) is 0.110. The van der Waals surface area contributed by atoms with Crippen LogP contribution in [0.3, 0.4) is 0 Å². The zero-order valence-corrected chi connectivity index (χ0v) is 15.8. The molecular formula is C18H27NO5S. The fourth-order valence-electron chi connectivity index (χ4n) is 5.93. The van der Waals surface area contributed by atoms with Crippen molar-refractivity contribution in [3.63, 3.8) is 0 Å². The van der Waals surface area contributed by atoms with Crippen molar-refractivity contribution in [2.75, 3.05) is 12.9 Å². The molecule has 2 aliphatic heterocycles. The molecule has 1 unspecified atom stereocenters. The van der Waals surface area contributed by atoms with E-state index in [-0.39, 0.29) is 10.8 Å². The highest BCUT2D eigenvalue weighted by atomic mass is 32.2. The van der Waals surface area contributed by atoms with Gasteiger partial charge < -0.3 is 20.3 Å². The molecule has 8 atom stereocenters. The Morgan fingerprint density at radius 3 is 2.72 bits per heavy atom. The van der Waals surface area contributed by atoms with Gasteiger partial charge in [-0.15, -0.1) is 0 Å². The molecule has 0 radical (unpaired) electrons. The molecular weight excluding hydrogens is 342 g/mol. The number of amides is 1. The summed E-state index contributed by atoms with van der Waals surface area (Å²) < 4.78 is 24.7. The van der Waals surface area contributed by atoms with E-state index in [4.69, 9.17) is 15.2 Å². The molecule has 140 valence electrons. The molecule has 1 saturated heterocycles.